The van der Waals surface area contributed by atoms with Crippen LogP contribution < -0.4 is 10.2 Å². The molecule has 0 unspecified atom stereocenters. The summed E-state index contributed by atoms with van der Waals surface area (Å²) >= 11 is 0. The summed E-state index contributed by atoms with van der Waals surface area (Å²) in [6, 6.07) is 13.1. The third-order valence-corrected chi connectivity index (χ3v) is 6.37. The molecule has 5 heterocycles. The number of aromatic nitrogens is 5. The molecule has 4 aromatic rings. The van der Waals surface area contributed by atoms with E-state index in [-0.39, 0.29) is 0 Å². The molecule has 32 heavy (non-hydrogen) atoms. The molecule has 1 N–H and O–H groups in total. The molecular formula is C24H27N7O. The fourth-order valence-corrected chi connectivity index (χ4v) is 4.45. The number of benzene rings is 1. The highest BCUT2D eigenvalue weighted by molar-refractivity contribution is 5.87. The third kappa shape index (κ3) is 3.55. The van der Waals surface area contributed by atoms with Gasteiger partial charge in [0.2, 0.25) is 0 Å². The van der Waals surface area contributed by atoms with E-state index in [0.717, 1.165) is 73.3 Å². The van der Waals surface area contributed by atoms with Gasteiger partial charge in [-0.05, 0) is 32.0 Å². The van der Waals surface area contributed by atoms with Gasteiger partial charge in [-0.3, -0.25) is 0 Å². The highest BCUT2D eigenvalue weighted by Gasteiger charge is 2.22. The van der Waals surface area contributed by atoms with Gasteiger partial charge in [-0.25, -0.2) is 14.6 Å². The monoisotopic (exact) mass is 429 g/mol. The van der Waals surface area contributed by atoms with Crippen LogP contribution in [-0.4, -0.2) is 63.2 Å². The van der Waals surface area contributed by atoms with Crippen molar-refractivity contribution < 1.29 is 4.74 Å². The molecule has 0 bridgehead atoms. The minimum absolute atomic E-state index is 0.488. The number of aryl methyl sites for hydroxylation is 1. The van der Waals surface area contributed by atoms with E-state index in [1.165, 1.54) is 12.0 Å². The first-order chi connectivity index (χ1) is 15.7. The van der Waals surface area contributed by atoms with Crippen LogP contribution in [0.2, 0.25) is 0 Å². The van der Waals surface area contributed by atoms with Crippen LogP contribution in [0.3, 0.4) is 0 Å². The smallest absolute Gasteiger partial charge is 0.164 e. The molecule has 1 aromatic carbocycles. The Bertz CT molecular complexity index is 1250. The summed E-state index contributed by atoms with van der Waals surface area (Å²) in [6.07, 6.45) is 5.10. The number of fused-ring (bicyclic) bond motifs is 1. The summed E-state index contributed by atoms with van der Waals surface area (Å²) in [5.74, 6) is 0.807. The van der Waals surface area contributed by atoms with E-state index >= 15 is 0 Å². The normalized spacial score (nSPS) is 18.8. The van der Waals surface area contributed by atoms with Crippen LogP contribution >= 0.6 is 0 Å². The number of rotatable bonds is 5. The molecule has 6 rings (SSSR count). The first-order valence-electron chi connectivity index (χ1n) is 11.3. The second kappa shape index (κ2) is 8.03. The lowest BCUT2D eigenvalue weighted by Gasteiger charge is -2.29. The number of imidazole rings is 1. The quantitative estimate of drug-likeness (QED) is 0.526. The number of ether oxygens (including phenoxy) is 1. The van der Waals surface area contributed by atoms with Crippen LogP contribution in [0.25, 0.3) is 28.2 Å². The zero-order chi connectivity index (χ0) is 21.5. The molecule has 0 radical (unpaired) electrons. The molecule has 2 aliphatic rings. The Hall–Kier alpha value is -3.23. The van der Waals surface area contributed by atoms with E-state index in [2.05, 4.69) is 52.0 Å². The van der Waals surface area contributed by atoms with Gasteiger partial charge in [0.05, 0.1) is 30.9 Å². The van der Waals surface area contributed by atoms with E-state index in [1.54, 1.807) is 0 Å². The van der Waals surface area contributed by atoms with Crippen LogP contribution in [0.5, 0.6) is 0 Å². The van der Waals surface area contributed by atoms with Crippen molar-refractivity contribution >= 4 is 16.9 Å². The first-order valence-corrected chi connectivity index (χ1v) is 11.3. The van der Waals surface area contributed by atoms with Crippen LogP contribution in [0.15, 0.2) is 48.9 Å². The van der Waals surface area contributed by atoms with Crippen molar-refractivity contribution in [1.29, 1.82) is 0 Å². The Balaban J connectivity index is 1.43. The maximum atomic E-state index is 5.58. The highest BCUT2D eigenvalue weighted by atomic mass is 16.5. The molecule has 0 saturated carbocycles. The summed E-state index contributed by atoms with van der Waals surface area (Å²) in [5, 5.41) is 8.33. The van der Waals surface area contributed by atoms with E-state index in [4.69, 9.17) is 19.8 Å². The van der Waals surface area contributed by atoms with Crippen molar-refractivity contribution in [3.8, 4) is 17.1 Å². The predicted octanol–water partition coefficient (Wildman–Crippen LogP) is 2.79. The lowest BCUT2D eigenvalue weighted by atomic mass is 10.1. The Morgan fingerprint density at radius 3 is 2.81 bits per heavy atom. The van der Waals surface area contributed by atoms with Crippen molar-refractivity contribution in [1.82, 2.24) is 29.6 Å². The topological polar surface area (TPSA) is 73.0 Å². The molecule has 2 fully saturated rings. The second-order valence-corrected chi connectivity index (χ2v) is 8.62. The number of nitrogens with zero attached hydrogens (tertiary/aromatic N) is 6. The Kier molecular flexibility index (Phi) is 4.88. The molecule has 0 aliphatic carbocycles. The van der Waals surface area contributed by atoms with E-state index in [1.807, 2.05) is 23.3 Å². The maximum Gasteiger partial charge on any atom is 0.164 e. The van der Waals surface area contributed by atoms with Crippen molar-refractivity contribution in [2.75, 3.05) is 37.7 Å². The molecule has 2 aliphatic heterocycles. The molecule has 1 atom stereocenters. The third-order valence-electron chi connectivity index (χ3n) is 6.37. The summed E-state index contributed by atoms with van der Waals surface area (Å²) in [5.41, 5.74) is 6.22. The number of morpholine rings is 1. The van der Waals surface area contributed by atoms with Gasteiger partial charge in [0.1, 0.15) is 5.52 Å². The van der Waals surface area contributed by atoms with Crippen LogP contribution in [0.4, 0.5) is 5.69 Å². The number of pyridine rings is 1. The van der Waals surface area contributed by atoms with Crippen molar-refractivity contribution in [3.05, 3.63) is 54.5 Å². The molecule has 8 nitrogen and oxygen atoms in total. The lowest BCUT2D eigenvalue weighted by molar-refractivity contribution is 0.123. The molecule has 2 saturated heterocycles. The largest absolute Gasteiger partial charge is 0.378 e. The Labute approximate surface area is 186 Å². The molecule has 8 heteroatoms. The van der Waals surface area contributed by atoms with Crippen LogP contribution in [-0.2, 0) is 11.3 Å². The highest BCUT2D eigenvalue weighted by Crippen LogP contribution is 2.29. The van der Waals surface area contributed by atoms with E-state index in [0.29, 0.717) is 6.04 Å². The van der Waals surface area contributed by atoms with Crippen molar-refractivity contribution in [3.63, 3.8) is 0 Å². The first kappa shape index (κ1) is 19.5. The van der Waals surface area contributed by atoms with Gasteiger partial charge in [-0.15, -0.1) is 0 Å². The summed E-state index contributed by atoms with van der Waals surface area (Å²) < 4.78 is 9.63. The zero-order valence-corrected chi connectivity index (χ0v) is 18.2. The Morgan fingerprint density at radius 1 is 1.16 bits per heavy atom. The van der Waals surface area contributed by atoms with Gasteiger partial charge >= 0.3 is 0 Å². The fraction of sp³-hybridized carbons (Fsp3) is 0.375. The van der Waals surface area contributed by atoms with Gasteiger partial charge in [-0.2, -0.15) is 5.10 Å². The number of hydrogen-bond donors (Lipinski definition) is 1. The van der Waals surface area contributed by atoms with Gasteiger partial charge in [-0.1, -0.05) is 23.8 Å². The van der Waals surface area contributed by atoms with E-state index in [9.17, 15) is 0 Å². The molecule has 164 valence electrons. The van der Waals surface area contributed by atoms with Crippen LogP contribution in [0.1, 0.15) is 12.0 Å². The van der Waals surface area contributed by atoms with Gasteiger partial charge < -0.3 is 19.5 Å². The minimum atomic E-state index is 0.488. The predicted molar refractivity (Wildman–Crippen MR) is 124 cm³/mol. The summed E-state index contributed by atoms with van der Waals surface area (Å²) in [7, 11) is 0. The van der Waals surface area contributed by atoms with Crippen LogP contribution in [0, 0.1) is 6.92 Å². The average Bonchev–Trinajstić information content (AvgIpc) is 3.44. The molecular weight excluding hydrogens is 402 g/mol. The number of nitrogens with one attached hydrogen (secondary N) is 1. The maximum absolute atomic E-state index is 5.58. The average molecular weight is 430 g/mol. The van der Waals surface area contributed by atoms with E-state index < -0.39 is 0 Å². The van der Waals surface area contributed by atoms with Crippen molar-refractivity contribution in [2.45, 2.75) is 25.9 Å². The number of hydrogen-bond acceptors (Lipinski definition) is 6. The number of anilines is 1. The van der Waals surface area contributed by atoms with Gasteiger partial charge in [0, 0.05) is 43.5 Å². The second-order valence-electron chi connectivity index (χ2n) is 8.62. The standard InChI is InChI=1S/C24H27N7O/c1-17-3-2-4-18(13-17)20-6-8-31(28-20)22-14-21(29-9-11-32-12-10-29)23-24(27-22)30(16-26-23)15-19-5-7-25-19/h2-4,6,8,13-14,16,19,25H,5,7,9-12,15H2,1H3/t19-/m1/s1. The van der Waals surface area contributed by atoms with Gasteiger partial charge in [0.15, 0.2) is 11.5 Å². The zero-order valence-electron chi connectivity index (χ0n) is 18.2. The molecule has 0 amide bonds. The van der Waals surface area contributed by atoms with Crippen molar-refractivity contribution in [2.24, 2.45) is 0 Å². The molecule has 0 spiro atoms. The fourth-order valence-electron chi connectivity index (χ4n) is 4.45. The summed E-state index contributed by atoms with van der Waals surface area (Å²) in [6.45, 7) is 7.22. The summed E-state index contributed by atoms with van der Waals surface area (Å²) in [4.78, 5) is 12.1. The Morgan fingerprint density at radius 2 is 2.03 bits per heavy atom. The minimum Gasteiger partial charge on any atom is -0.378 e. The lowest BCUT2D eigenvalue weighted by Crippen LogP contribution is -2.45. The van der Waals surface area contributed by atoms with Gasteiger partial charge in [0.25, 0.3) is 0 Å². The SMILES string of the molecule is Cc1cccc(-c2ccn(-c3cc(N4CCOCC4)c4ncn(C[C@H]5CCN5)c4n3)n2)c1. The molecule has 3 aromatic heterocycles.